The van der Waals surface area contributed by atoms with Gasteiger partial charge in [-0.1, -0.05) is 20.4 Å². The lowest BCUT2D eigenvalue weighted by atomic mass is 9.76. The maximum Gasteiger partial charge on any atom is 0.266 e. The van der Waals surface area contributed by atoms with Gasteiger partial charge in [-0.2, -0.15) is 16.1 Å². The summed E-state index contributed by atoms with van der Waals surface area (Å²) in [6.07, 6.45) is 6.26. The fourth-order valence-corrected chi connectivity index (χ4v) is 4.73. The molecule has 1 aromatic carbocycles. The Morgan fingerprint density at radius 2 is 2.00 bits per heavy atom. The molecule has 3 N–H and O–H groups in total. The lowest BCUT2D eigenvalue weighted by Gasteiger charge is -2.29. The molecule has 174 valence electrons. The summed E-state index contributed by atoms with van der Waals surface area (Å²) in [6.45, 7) is 13.0. The Bertz CT molecular complexity index is 1180. The van der Waals surface area contributed by atoms with Gasteiger partial charge in [0.2, 0.25) is 0 Å². The molecule has 1 aliphatic rings. The van der Waals surface area contributed by atoms with Crippen LogP contribution in [-0.4, -0.2) is 30.9 Å². The summed E-state index contributed by atoms with van der Waals surface area (Å²) in [5, 5.41) is 11.6. The highest BCUT2D eigenvalue weighted by molar-refractivity contribution is 5.97. The molecule has 0 radical (unpaired) electrons. The number of hydrogen-bond acceptors (Lipinski definition) is 6. The molecule has 0 spiro atoms. The van der Waals surface area contributed by atoms with Crippen molar-refractivity contribution in [2.24, 2.45) is 23.4 Å². The summed E-state index contributed by atoms with van der Waals surface area (Å²) in [6, 6.07) is 4.22. The van der Waals surface area contributed by atoms with Crippen molar-refractivity contribution >= 4 is 11.6 Å². The van der Waals surface area contributed by atoms with E-state index in [1.165, 1.54) is 27.9 Å². The third-order valence-corrected chi connectivity index (χ3v) is 6.62. The summed E-state index contributed by atoms with van der Waals surface area (Å²) < 4.78 is 1.93. The summed E-state index contributed by atoms with van der Waals surface area (Å²) >= 11 is 0. The SMILES string of the molecule is C=C(/N=C(\ON)c1nn(C)c2c1CCC(C)(C)C2)c1cc(C)c(CCc2nc[nH]n2)c(C)c1. The molecule has 2 heterocycles. The molecular formula is C25H33N7O. The number of aromatic amines is 1. The molecule has 8 nitrogen and oxygen atoms in total. The quantitative estimate of drug-likeness (QED) is 0.340. The predicted molar refractivity (Wildman–Crippen MR) is 130 cm³/mol. The number of hydrogen-bond donors (Lipinski definition) is 2. The number of fused-ring (bicyclic) bond motifs is 1. The van der Waals surface area contributed by atoms with Crippen LogP contribution in [0.2, 0.25) is 0 Å². The first-order chi connectivity index (χ1) is 15.7. The van der Waals surface area contributed by atoms with Crippen molar-refractivity contribution in [3.63, 3.8) is 0 Å². The van der Waals surface area contributed by atoms with E-state index < -0.39 is 0 Å². The van der Waals surface area contributed by atoms with Crippen LogP contribution < -0.4 is 5.90 Å². The summed E-state index contributed by atoms with van der Waals surface area (Å²) in [4.78, 5) is 14.1. The molecule has 0 unspecified atom stereocenters. The monoisotopic (exact) mass is 447 g/mol. The minimum atomic E-state index is 0.257. The lowest BCUT2D eigenvalue weighted by Crippen LogP contribution is -2.24. The molecule has 3 aromatic rings. The topological polar surface area (TPSA) is 107 Å². The van der Waals surface area contributed by atoms with E-state index in [-0.39, 0.29) is 5.41 Å². The van der Waals surface area contributed by atoms with Crippen LogP contribution in [0.15, 0.2) is 30.0 Å². The van der Waals surface area contributed by atoms with Crippen molar-refractivity contribution in [3.8, 4) is 0 Å². The molecule has 0 atom stereocenters. The number of aliphatic imine (C=N–C) groups is 1. The molecule has 33 heavy (non-hydrogen) atoms. The lowest BCUT2D eigenvalue weighted by molar-refractivity contribution is 0.305. The number of nitrogens with zero attached hydrogens (tertiary/aromatic N) is 5. The smallest absolute Gasteiger partial charge is 0.266 e. The maximum atomic E-state index is 5.66. The molecule has 4 rings (SSSR count). The molecule has 0 bridgehead atoms. The number of nitrogens with two attached hydrogens (primary N) is 1. The molecule has 1 aliphatic carbocycles. The molecule has 8 heteroatoms. The zero-order chi connectivity index (χ0) is 23.8. The van der Waals surface area contributed by atoms with Gasteiger partial charge in [-0.05, 0) is 73.8 Å². The van der Waals surface area contributed by atoms with Gasteiger partial charge < -0.3 is 4.84 Å². The van der Waals surface area contributed by atoms with E-state index in [0.29, 0.717) is 17.3 Å². The van der Waals surface area contributed by atoms with E-state index >= 15 is 0 Å². The number of benzene rings is 1. The Kier molecular flexibility index (Phi) is 6.21. The fraction of sp³-hybridized carbons (Fsp3) is 0.440. The van der Waals surface area contributed by atoms with Crippen LogP contribution in [0.1, 0.15) is 65.3 Å². The van der Waals surface area contributed by atoms with Crippen LogP contribution in [0.25, 0.3) is 5.70 Å². The third-order valence-electron chi connectivity index (χ3n) is 6.62. The minimum Gasteiger partial charge on any atom is -0.389 e. The Morgan fingerprint density at radius 1 is 1.27 bits per heavy atom. The van der Waals surface area contributed by atoms with E-state index in [9.17, 15) is 0 Å². The molecule has 2 aromatic heterocycles. The van der Waals surface area contributed by atoms with Crippen LogP contribution in [0.3, 0.4) is 0 Å². The first kappa shape index (κ1) is 22.9. The number of aryl methyl sites for hydroxylation is 4. The molecule has 0 saturated carbocycles. The minimum absolute atomic E-state index is 0.257. The molecular weight excluding hydrogens is 414 g/mol. The van der Waals surface area contributed by atoms with Crippen molar-refractivity contribution in [3.05, 3.63) is 70.1 Å². The van der Waals surface area contributed by atoms with Gasteiger partial charge in [-0.3, -0.25) is 9.78 Å². The fourth-order valence-electron chi connectivity index (χ4n) is 4.73. The van der Waals surface area contributed by atoms with Crippen molar-refractivity contribution in [2.75, 3.05) is 0 Å². The van der Waals surface area contributed by atoms with Gasteiger partial charge in [0.1, 0.15) is 6.33 Å². The number of aromatic nitrogens is 5. The second kappa shape index (κ2) is 8.94. The van der Waals surface area contributed by atoms with Gasteiger partial charge in [-0.25, -0.2) is 9.98 Å². The Morgan fingerprint density at radius 3 is 2.64 bits per heavy atom. The molecule has 0 saturated heterocycles. The van der Waals surface area contributed by atoms with Gasteiger partial charge in [-0.15, -0.1) is 0 Å². The summed E-state index contributed by atoms with van der Waals surface area (Å²) in [5.74, 6) is 6.79. The van der Waals surface area contributed by atoms with E-state index in [1.807, 2.05) is 11.7 Å². The number of nitrogens with one attached hydrogen (secondary N) is 1. The van der Waals surface area contributed by atoms with Crippen LogP contribution in [0.4, 0.5) is 0 Å². The molecule has 0 amide bonds. The van der Waals surface area contributed by atoms with E-state index in [4.69, 9.17) is 15.8 Å². The van der Waals surface area contributed by atoms with Gasteiger partial charge in [0, 0.05) is 30.3 Å². The summed E-state index contributed by atoms with van der Waals surface area (Å²) in [7, 11) is 1.97. The predicted octanol–water partition coefficient (Wildman–Crippen LogP) is 3.76. The van der Waals surface area contributed by atoms with Crippen molar-refractivity contribution in [2.45, 2.75) is 59.8 Å². The average molecular weight is 448 g/mol. The van der Waals surface area contributed by atoms with E-state index in [2.05, 4.69) is 66.6 Å². The van der Waals surface area contributed by atoms with Crippen LogP contribution in [0, 0.1) is 19.3 Å². The molecule has 0 aliphatic heterocycles. The van der Waals surface area contributed by atoms with Crippen LogP contribution in [-0.2, 0) is 37.6 Å². The second-order valence-corrected chi connectivity index (χ2v) is 9.72. The standard InChI is InChI=1S/C25H33N7O/c1-15-11-18(12-16(2)19(15)7-8-22-27-14-28-30-22)17(3)29-24(33-26)23-20-9-10-25(4,5)13-21(20)32(6)31-23/h11-12,14H,3,7-10,13,26H2,1-2,4-6H3,(H,27,28,30)/b29-24-. The number of rotatable bonds is 6. The largest absolute Gasteiger partial charge is 0.389 e. The van der Waals surface area contributed by atoms with Crippen LogP contribution in [0.5, 0.6) is 0 Å². The van der Waals surface area contributed by atoms with Crippen molar-refractivity contribution in [1.82, 2.24) is 25.0 Å². The van der Waals surface area contributed by atoms with Gasteiger partial charge in [0.25, 0.3) is 5.90 Å². The Balaban J connectivity index is 1.59. The second-order valence-electron chi connectivity index (χ2n) is 9.72. The van der Waals surface area contributed by atoms with E-state index in [1.54, 1.807) is 6.33 Å². The average Bonchev–Trinajstić information content (AvgIpc) is 3.38. The Hall–Kier alpha value is -3.26. The number of H-pyrrole nitrogens is 1. The maximum absolute atomic E-state index is 5.66. The zero-order valence-electron chi connectivity index (χ0n) is 20.2. The first-order valence-corrected chi connectivity index (χ1v) is 11.3. The normalized spacial score (nSPS) is 15.4. The highest BCUT2D eigenvalue weighted by atomic mass is 16.6. The van der Waals surface area contributed by atoms with Gasteiger partial charge in [0.15, 0.2) is 11.5 Å². The first-order valence-electron chi connectivity index (χ1n) is 11.3. The van der Waals surface area contributed by atoms with E-state index in [0.717, 1.165) is 43.5 Å². The van der Waals surface area contributed by atoms with Crippen LogP contribution >= 0.6 is 0 Å². The zero-order valence-corrected chi connectivity index (χ0v) is 20.2. The van der Waals surface area contributed by atoms with Crippen molar-refractivity contribution < 1.29 is 4.84 Å². The summed E-state index contributed by atoms with van der Waals surface area (Å²) in [5.41, 5.74) is 8.55. The molecule has 0 fully saturated rings. The van der Waals surface area contributed by atoms with Crippen molar-refractivity contribution in [1.29, 1.82) is 0 Å². The van der Waals surface area contributed by atoms with Gasteiger partial charge >= 0.3 is 0 Å². The third kappa shape index (κ3) is 4.75. The highest BCUT2D eigenvalue weighted by Gasteiger charge is 2.32. The highest BCUT2D eigenvalue weighted by Crippen LogP contribution is 2.36. The van der Waals surface area contributed by atoms with Gasteiger partial charge in [0.05, 0.1) is 5.70 Å². The Labute approximate surface area is 194 Å².